The molecule has 0 radical (unpaired) electrons. The molecule has 0 amide bonds. The molecule has 1 fully saturated rings. The van der Waals surface area contributed by atoms with Crippen molar-refractivity contribution in [1.29, 1.82) is 0 Å². The zero-order valence-corrected chi connectivity index (χ0v) is 18.2. The van der Waals surface area contributed by atoms with Crippen LogP contribution >= 0.6 is 0 Å². The maximum Gasteiger partial charge on any atom is 0.343 e. The van der Waals surface area contributed by atoms with E-state index in [1.807, 2.05) is 12.1 Å². The molecule has 4 atom stereocenters. The van der Waals surface area contributed by atoms with E-state index in [4.69, 9.17) is 14.2 Å². The van der Waals surface area contributed by atoms with Crippen LogP contribution in [0.15, 0.2) is 84.9 Å². The molecule has 0 aromatic heterocycles. The van der Waals surface area contributed by atoms with Crippen molar-refractivity contribution in [2.24, 2.45) is 5.41 Å². The van der Waals surface area contributed by atoms with Gasteiger partial charge in [0.05, 0.1) is 13.0 Å². The number of hydrogen-bond acceptors (Lipinski definition) is 6. The third kappa shape index (κ3) is 2.74. The first-order valence-corrected chi connectivity index (χ1v) is 10.7. The number of Topliss-reactive ketones (excluding diaryl/α,β-unsaturated/α-hetero) is 1. The molecular formula is C27H22O6. The van der Waals surface area contributed by atoms with E-state index in [1.165, 1.54) is 14.0 Å². The maximum absolute atomic E-state index is 13.7. The first kappa shape index (κ1) is 21.1. The van der Waals surface area contributed by atoms with Gasteiger partial charge in [-0.2, -0.15) is 0 Å². The molecule has 3 aromatic rings. The molecule has 2 aliphatic heterocycles. The van der Waals surface area contributed by atoms with Gasteiger partial charge in [0.15, 0.2) is 16.8 Å². The van der Waals surface area contributed by atoms with Gasteiger partial charge in [0.25, 0.3) is 0 Å². The monoisotopic (exact) mass is 442 g/mol. The molecule has 2 aliphatic rings. The van der Waals surface area contributed by atoms with Crippen LogP contribution < -0.4 is 4.74 Å². The molecule has 0 spiro atoms. The Labute approximate surface area is 191 Å². The number of carbonyl (C=O) groups is 3. The van der Waals surface area contributed by atoms with Gasteiger partial charge in [-0.15, -0.1) is 0 Å². The molecule has 4 unspecified atom stereocenters. The number of methoxy groups -OCH3 is 1. The van der Waals surface area contributed by atoms with Gasteiger partial charge in [0.1, 0.15) is 11.9 Å². The van der Waals surface area contributed by atoms with Crippen molar-refractivity contribution in [2.45, 2.75) is 24.5 Å². The third-order valence-electron chi connectivity index (χ3n) is 6.73. The fraction of sp³-hybridized carbons (Fsp3) is 0.222. The fourth-order valence-corrected chi connectivity index (χ4v) is 5.35. The van der Waals surface area contributed by atoms with Crippen LogP contribution in [0.5, 0.6) is 5.75 Å². The Kier molecular flexibility index (Phi) is 4.91. The second-order valence-corrected chi connectivity index (χ2v) is 8.29. The van der Waals surface area contributed by atoms with Gasteiger partial charge in [-0.25, -0.2) is 4.79 Å². The van der Waals surface area contributed by atoms with Crippen LogP contribution in [-0.2, 0) is 29.5 Å². The first-order chi connectivity index (χ1) is 16.0. The average Bonchev–Trinajstić information content (AvgIpc) is 3.20. The number of carbonyl (C=O) groups excluding carboxylic acids is 3. The largest absolute Gasteiger partial charge is 0.467 e. The van der Waals surface area contributed by atoms with Crippen molar-refractivity contribution < 1.29 is 28.6 Å². The van der Waals surface area contributed by atoms with Gasteiger partial charge < -0.3 is 14.2 Å². The summed E-state index contributed by atoms with van der Waals surface area (Å²) in [4.78, 5) is 40.9. The molecule has 33 heavy (non-hydrogen) atoms. The molecule has 0 saturated carbocycles. The zero-order chi connectivity index (χ0) is 23.2. The molecule has 3 aromatic carbocycles. The van der Waals surface area contributed by atoms with Crippen LogP contribution in [0.4, 0.5) is 0 Å². The van der Waals surface area contributed by atoms with Gasteiger partial charge >= 0.3 is 11.9 Å². The highest BCUT2D eigenvalue weighted by molar-refractivity contribution is 6.09. The summed E-state index contributed by atoms with van der Waals surface area (Å²) in [6, 6.07) is 24.8. The van der Waals surface area contributed by atoms with Gasteiger partial charge in [-0.1, -0.05) is 78.9 Å². The van der Waals surface area contributed by atoms with Crippen molar-refractivity contribution in [3.63, 3.8) is 0 Å². The van der Waals surface area contributed by atoms with E-state index in [2.05, 4.69) is 0 Å². The predicted octanol–water partition coefficient (Wildman–Crippen LogP) is 4.10. The lowest BCUT2D eigenvalue weighted by Crippen LogP contribution is -2.53. The predicted molar refractivity (Wildman–Crippen MR) is 118 cm³/mol. The molecule has 0 bridgehead atoms. The number of hydrogen-bond donors (Lipinski definition) is 0. The van der Waals surface area contributed by atoms with Crippen molar-refractivity contribution in [3.8, 4) is 5.75 Å². The molecule has 5 rings (SSSR count). The van der Waals surface area contributed by atoms with Crippen LogP contribution in [0.25, 0.3) is 0 Å². The zero-order valence-electron chi connectivity index (χ0n) is 18.2. The molecule has 166 valence electrons. The van der Waals surface area contributed by atoms with Crippen molar-refractivity contribution in [2.75, 3.05) is 7.11 Å². The van der Waals surface area contributed by atoms with Crippen LogP contribution in [0, 0.1) is 5.41 Å². The Hall–Kier alpha value is -3.77. The minimum Gasteiger partial charge on any atom is -0.467 e. The lowest BCUT2D eigenvalue weighted by Gasteiger charge is -2.41. The van der Waals surface area contributed by atoms with Gasteiger partial charge in [0.2, 0.25) is 0 Å². The van der Waals surface area contributed by atoms with Crippen LogP contribution in [0.2, 0.25) is 0 Å². The van der Waals surface area contributed by atoms with E-state index in [0.717, 1.165) is 0 Å². The molecule has 6 nitrogen and oxygen atoms in total. The van der Waals surface area contributed by atoms with Crippen LogP contribution in [-0.4, -0.2) is 24.8 Å². The number of rotatable bonds is 4. The fourth-order valence-electron chi connectivity index (χ4n) is 5.35. The normalized spacial score (nSPS) is 27.8. The summed E-state index contributed by atoms with van der Waals surface area (Å²) in [6.45, 7) is 1.35. The summed E-state index contributed by atoms with van der Waals surface area (Å²) in [7, 11) is 1.27. The lowest BCUT2D eigenvalue weighted by molar-refractivity contribution is -0.172. The van der Waals surface area contributed by atoms with Crippen molar-refractivity contribution >= 4 is 17.7 Å². The molecule has 0 aliphatic carbocycles. The van der Waals surface area contributed by atoms with Crippen LogP contribution in [0.1, 0.15) is 35.6 Å². The smallest absolute Gasteiger partial charge is 0.343 e. The topological polar surface area (TPSA) is 78.9 Å². The number of para-hydroxylation sites is 1. The Morgan fingerprint density at radius 3 is 2.12 bits per heavy atom. The van der Waals surface area contributed by atoms with E-state index >= 15 is 0 Å². The summed E-state index contributed by atoms with van der Waals surface area (Å²) in [5.41, 5.74) is -1.91. The van der Waals surface area contributed by atoms with Gasteiger partial charge in [0, 0.05) is 5.56 Å². The summed E-state index contributed by atoms with van der Waals surface area (Å²) in [6.07, 6.45) is -1.07. The Bertz CT molecular complexity index is 1240. The highest BCUT2D eigenvalue weighted by Crippen LogP contribution is 2.68. The maximum atomic E-state index is 13.7. The van der Waals surface area contributed by atoms with E-state index in [9.17, 15) is 14.4 Å². The van der Waals surface area contributed by atoms with E-state index < -0.39 is 40.8 Å². The van der Waals surface area contributed by atoms with Gasteiger partial charge in [-0.05, 0) is 24.1 Å². The molecule has 6 heteroatoms. The molecule has 0 N–H and O–H groups in total. The third-order valence-corrected chi connectivity index (χ3v) is 6.73. The van der Waals surface area contributed by atoms with Crippen LogP contribution in [0.3, 0.4) is 0 Å². The van der Waals surface area contributed by atoms with Crippen molar-refractivity contribution in [1.82, 2.24) is 0 Å². The Balaban J connectivity index is 1.92. The summed E-state index contributed by atoms with van der Waals surface area (Å²) in [5.74, 6) is -2.57. The number of benzene rings is 3. The Morgan fingerprint density at radius 1 is 0.879 bits per heavy atom. The quantitative estimate of drug-likeness (QED) is 0.344. The number of fused-ring (bicyclic) bond motifs is 3. The number of esters is 2. The molecule has 2 heterocycles. The second kappa shape index (κ2) is 7.67. The standard InChI is InChI=1S/C27H22O6/c1-17(28)26-22(20-15-9-10-16-21(20)32-24(26)29)27(25(30)31-2,19-13-7-4-8-14-19)33-23(26)18-11-5-3-6-12-18/h3-16,22-23H,1-2H3. The van der Waals surface area contributed by atoms with Crippen molar-refractivity contribution in [3.05, 3.63) is 102 Å². The second-order valence-electron chi connectivity index (χ2n) is 8.29. The Morgan fingerprint density at radius 2 is 1.48 bits per heavy atom. The summed E-state index contributed by atoms with van der Waals surface area (Å²) in [5, 5.41) is 0. The molecule has 1 saturated heterocycles. The summed E-state index contributed by atoms with van der Waals surface area (Å²) >= 11 is 0. The summed E-state index contributed by atoms with van der Waals surface area (Å²) < 4.78 is 17.6. The van der Waals surface area contributed by atoms with E-state index in [-0.39, 0.29) is 0 Å². The molecular weight excluding hydrogens is 420 g/mol. The average molecular weight is 442 g/mol. The lowest BCUT2D eigenvalue weighted by atomic mass is 9.59. The SMILES string of the molecule is COC(=O)C1(c2ccccc2)OC(c2ccccc2)C2(C(C)=O)C(=O)Oc3ccccc3C12. The highest BCUT2D eigenvalue weighted by Gasteiger charge is 2.76. The minimum atomic E-state index is -1.79. The number of ether oxygens (including phenoxy) is 3. The number of ketones is 1. The van der Waals surface area contributed by atoms with E-state index in [1.54, 1.807) is 72.8 Å². The van der Waals surface area contributed by atoms with Gasteiger partial charge in [-0.3, -0.25) is 9.59 Å². The minimum absolute atomic E-state index is 0.297. The highest BCUT2D eigenvalue weighted by atomic mass is 16.6. The van der Waals surface area contributed by atoms with E-state index in [0.29, 0.717) is 22.4 Å². The first-order valence-electron chi connectivity index (χ1n) is 10.7.